The second kappa shape index (κ2) is 5.69. The average molecular weight is 265 g/mol. The molecule has 0 bridgehead atoms. The van der Waals surface area contributed by atoms with Gasteiger partial charge in [0.25, 0.3) is 0 Å². The highest BCUT2D eigenvalue weighted by atomic mass is 35.5. The van der Waals surface area contributed by atoms with Gasteiger partial charge in [0.1, 0.15) is 12.4 Å². The van der Waals surface area contributed by atoms with Gasteiger partial charge >= 0.3 is 0 Å². The van der Waals surface area contributed by atoms with Crippen LogP contribution in [0.15, 0.2) is 30.6 Å². The van der Waals surface area contributed by atoms with Crippen molar-refractivity contribution in [3.63, 3.8) is 0 Å². The van der Waals surface area contributed by atoms with Crippen molar-refractivity contribution < 1.29 is 9.47 Å². The van der Waals surface area contributed by atoms with Gasteiger partial charge in [0.05, 0.1) is 19.5 Å². The van der Waals surface area contributed by atoms with Crippen LogP contribution in [0.5, 0.6) is 11.5 Å². The van der Waals surface area contributed by atoms with Gasteiger partial charge < -0.3 is 9.47 Å². The second-order valence-electron chi connectivity index (χ2n) is 3.83. The van der Waals surface area contributed by atoms with Crippen molar-refractivity contribution in [2.45, 2.75) is 13.5 Å². The third-order valence-electron chi connectivity index (χ3n) is 2.35. The van der Waals surface area contributed by atoms with Gasteiger partial charge in [0, 0.05) is 0 Å². The largest absolute Gasteiger partial charge is 0.497 e. The van der Waals surface area contributed by atoms with Gasteiger partial charge in [-0.25, -0.2) is 9.97 Å². The Labute approximate surface area is 111 Å². The summed E-state index contributed by atoms with van der Waals surface area (Å²) in [6.45, 7) is 2.44. The third-order valence-corrected chi connectivity index (χ3v) is 2.54. The topological polar surface area (TPSA) is 44.2 Å². The molecule has 2 aromatic rings. The molecule has 0 saturated carbocycles. The first-order valence-corrected chi connectivity index (χ1v) is 5.80. The first-order chi connectivity index (χ1) is 8.67. The van der Waals surface area contributed by atoms with Crippen LogP contribution in [0.2, 0.25) is 5.28 Å². The lowest BCUT2D eigenvalue weighted by Gasteiger charge is -2.08. The molecule has 5 heteroatoms. The second-order valence-corrected chi connectivity index (χ2v) is 4.17. The van der Waals surface area contributed by atoms with Crippen LogP contribution in [0.25, 0.3) is 0 Å². The molecule has 1 aromatic carbocycles. The Kier molecular flexibility index (Phi) is 3.99. The van der Waals surface area contributed by atoms with Crippen LogP contribution >= 0.6 is 11.6 Å². The minimum atomic E-state index is 0.208. The summed E-state index contributed by atoms with van der Waals surface area (Å²) in [6.07, 6.45) is 3.09. The van der Waals surface area contributed by atoms with Crippen molar-refractivity contribution in [2.24, 2.45) is 0 Å². The summed E-state index contributed by atoms with van der Waals surface area (Å²) in [5, 5.41) is 0.208. The molecule has 0 saturated heterocycles. The smallest absolute Gasteiger partial charge is 0.222 e. The van der Waals surface area contributed by atoms with Crippen LogP contribution in [0.3, 0.4) is 0 Å². The number of aryl methyl sites for hydroxylation is 1. The molecular formula is C13H13ClN2O2. The lowest BCUT2D eigenvalue weighted by Crippen LogP contribution is -1.98. The molecule has 0 amide bonds. The zero-order valence-corrected chi connectivity index (χ0v) is 10.9. The van der Waals surface area contributed by atoms with E-state index in [2.05, 4.69) is 9.97 Å². The van der Waals surface area contributed by atoms with Crippen LogP contribution in [0.4, 0.5) is 0 Å². The summed E-state index contributed by atoms with van der Waals surface area (Å²) >= 11 is 5.59. The Hall–Kier alpha value is -1.81. The third kappa shape index (κ3) is 3.34. The Morgan fingerprint density at radius 3 is 2.50 bits per heavy atom. The molecule has 0 aliphatic carbocycles. The molecule has 0 aliphatic rings. The van der Waals surface area contributed by atoms with Crippen molar-refractivity contribution in [1.82, 2.24) is 9.97 Å². The fraction of sp³-hybridized carbons (Fsp3) is 0.231. The predicted molar refractivity (Wildman–Crippen MR) is 69.1 cm³/mol. The average Bonchev–Trinajstić information content (AvgIpc) is 2.37. The first kappa shape index (κ1) is 12.6. The SMILES string of the molecule is COc1cc(C)cc(COc2cnc(Cl)nc2)c1. The zero-order chi connectivity index (χ0) is 13.0. The van der Waals surface area contributed by atoms with E-state index in [1.807, 2.05) is 25.1 Å². The van der Waals surface area contributed by atoms with Crippen molar-refractivity contribution in [3.8, 4) is 11.5 Å². The first-order valence-electron chi connectivity index (χ1n) is 5.42. The Morgan fingerprint density at radius 1 is 1.11 bits per heavy atom. The number of rotatable bonds is 4. The standard InChI is InChI=1S/C13H13ClN2O2/c1-9-3-10(5-11(4-9)17-2)8-18-12-6-15-13(14)16-7-12/h3-7H,8H2,1-2H3. The molecule has 0 atom stereocenters. The van der Waals surface area contributed by atoms with E-state index in [1.165, 1.54) is 0 Å². The minimum Gasteiger partial charge on any atom is -0.497 e. The van der Waals surface area contributed by atoms with Crippen molar-refractivity contribution in [1.29, 1.82) is 0 Å². The van der Waals surface area contributed by atoms with Gasteiger partial charge in [-0.05, 0) is 41.8 Å². The number of nitrogens with zero attached hydrogens (tertiary/aromatic N) is 2. The summed E-state index contributed by atoms with van der Waals surface area (Å²) < 4.78 is 10.8. The molecule has 0 spiro atoms. The molecule has 1 aromatic heterocycles. The molecule has 2 rings (SSSR count). The van der Waals surface area contributed by atoms with E-state index < -0.39 is 0 Å². The van der Waals surface area contributed by atoms with Crippen LogP contribution in [0, 0.1) is 6.92 Å². The summed E-state index contributed by atoms with van der Waals surface area (Å²) in [6, 6.07) is 5.94. The van der Waals surface area contributed by atoms with Gasteiger partial charge in [0.15, 0.2) is 5.75 Å². The zero-order valence-electron chi connectivity index (χ0n) is 10.2. The molecule has 0 radical (unpaired) electrons. The number of halogens is 1. The van der Waals surface area contributed by atoms with Crippen molar-refractivity contribution >= 4 is 11.6 Å². The van der Waals surface area contributed by atoms with Gasteiger partial charge in [-0.1, -0.05) is 6.07 Å². The van der Waals surface area contributed by atoms with Gasteiger partial charge in [-0.2, -0.15) is 0 Å². The Balaban J connectivity index is 2.05. The normalized spacial score (nSPS) is 10.2. The summed E-state index contributed by atoms with van der Waals surface area (Å²) in [4.78, 5) is 7.69. The molecule has 0 unspecified atom stereocenters. The molecule has 0 N–H and O–H groups in total. The summed E-state index contributed by atoms with van der Waals surface area (Å²) in [5.74, 6) is 1.40. The number of benzene rings is 1. The van der Waals surface area contributed by atoms with E-state index in [-0.39, 0.29) is 5.28 Å². The lowest BCUT2D eigenvalue weighted by atomic mass is 10.1. The van der Waals surface area contributed by atoms with Gasteiger partial charge in [-0.15, -0.1) is 0 Å². The highest BCUT2D eigenvalue weighted by Gasteiger charge is 2.01. The molecule has 0 fully saturated rings. The van der Waals surface area contributed by atoms with Crippen LogP contribution in [0.1, 0.15) is 11.1 Å². The van der Waals surface area contributed by atoms with E-state index >= 15 is 0 Å². The number of methoxy groups -OCH3 is 1. The predicted octanol–water partition coefficient (Wildman–Crippen LogP) is 3.03. The highest BCUT2D eigenvalue weighted by Crippen LogP contribution is 2.18. The molecule has 0 aliphatic heterocycles. The van der Waals surface area contributed by atoms with Gasteiger partial charge in [-0.3, -0.25) is 0 Å². The van der Waals surface area contributed by atoms with E-state index in [9.17, 15) is 0 Å². The van der Waals surface area contributed by atoms with Crippen LogP contribution in [-0.4, -0.2) is 17.1 Å². The maximum atomic E-state index is 5.59. The number of aromatic nitrogens is 2. The number of hydrogen-bond acceptors (Lipinski definition) is 4. The maximum Gasteiger partial charge on any atom is 0.222 e. The fourth-order valence-electron chi connectivity index (χ4n) is 1.57. The number of hydrogen-bond donors (Lipinski definition) is 0. The van der Waals surface area contributed by atoms with E-state index in [0.717, 1.165) is 16.9 Å². The monoisotopic (exact) mass is 264 g/mol. The molecule has 1 heterocycles. The van der Waals surface area contributed by atoms with E-state index in [0.29, 0.717) is 12.4 Å². The lowest BCUT2D eigenvalue weighted by molar-refractivity contribution is 0.302. The summed E-state index contributed by atoms with van der Waals surface area (Å²) in [5.41, 5.74) is 2.15. The van der Waals surface area contributed by atoms with Gasteiger partial charge in [0.2, 0.25) is 5.28 Å². The molecule has 4 nitrogen and oxygen atoms in total. The highest BCUT2D eigenvalue weighted by molar-refractivity contribution is 6.28. The van der Waals surface area contributed by atoms with Crippen molar-refractivity contribution in [3.05, 3.63) is 47.0 Å². The van der Waals surface area contributed by atoms with E-state index in [4.69, 9.17) is 21.1 Å². The van der Waals surface area contributed by atoms with Crippen LogP contribution < -0.4 is 9.47 Å². The molecule has 18 heavy (non-hydrogen) atoms. The summed E-state index contributed by atoms with van der Waals surface area (Å²) in [7, 11) is 1.65. The van der Waals surface area contributed by atoms with E-state index in [1.54, 1.807) is 19.5 Å². The number of ether oxygens (including phenoxy) is 2. The maximum absolute atomic E-state index is 5.59. The fourth-order valence-corrected chi connectivity index (χ4v) is 1.66. The van der Waals surface area contributed by atoms with Crippen molar-refractivity contribution in [2.75, 3.05) is 7.11 Å². The quantitative estimate of drug-likeness (QED) is 0.796. The minimum absolute atomic E-state index is 0.208. The molecule has 94 valence electrons. The molecular weight excluding hydrogens is 252 g/mol. The Bertz CT molecular complexity index is 529. The Morgan fingerprint density at radius 2 is 1.83 bits per heavy atom. The van der Waals surface area contributed by atoms with Crippen LogP contribution in [-0.2, 0) is 6.61 Å².